The van der Waals surface area contributed by atoms with E-state index < -0.39 is 0 Å². The average molecular weight is 291 g/mol. The molecule has 0 atom stereocenters. The first-order chi connectivity index (χ1) is 8.22. The minimum absolute atomic E-state index is 0.700. The summed E-state index contributed by atoms with van der Waals surface area (Å²) in [5, 5.41) is 5.52. The molecule has 0 bridgehead atoms. The molecule has 0 saturated heterocycles. The van der Waals surface area contributed by atoms with E-state index in [1.54, 1.807) is 6.33 Å². The summed E-state index contributed by atoms with van der Waals surface area (Å²) in [6, 6.07) is 6.16. The van der Waals surface area contributed by atoms with Crippen molar-refractivity contribution in [3.8, 4) is 0 Å². The standard InChI is InChI=1S/C12H11BrN4/c1-16-6-11(14-8-16)7-17-12-3-2-10(13)4-9(12)5-15-17/h2-6,8H,7H2,1H3. The van der Waals surface area contributed by atoms with E-state index >= 15 is 0 Å². The van der Waals surface area contributed by atoms with Gasteiger partial charge in [-0.2, -0.15) is 5.10 Å². The van der Waals surface area contributed by atoms with Crippen molar-refractivity contribution < 1.29 is 0 Å². The molecule has 3 rings (SSSR count). The third-order valence-corrected chi connectivity index (χ3v) is 3.17. The smallest absolute Gasteiger partial charge is 0.0947 e. The van der Waals surface area contributed by atoms with E-state index in [1.165, 1.54) is 0 Å². The molecule has 86 valence electrons. The summed E-state index contributed by atoms with van der Waals surface area (Å²) in [7, 11) is 1.97. The number of nitrogens with zero attached hydrogens (tertiary/aromatic N) is 4. The molecule has 0 unspecified atom stereocenters. The van der Waals surface area contributed by atoms with Gasteiger partial charge >= 0.3 is 0 Å². The van der Waals surface area contributed by atoms with E-state index in [9.17, 15) is 0 Å². The van der Waals surface area contributed by atoms with E-state index in [4.69, 9.17) is 0 Å². The monoisotopic (exact) mass is 290 g/mol. The molecule has 0 N–H and O–H groups in total. The Balaban J connectivity index is 2.00. The van der Waals surface area contributed by atoms with Crippen LogP contribution in [0.2, 0.25) is 0 Å². The van der Waals surface area contributed by atoms with Crippen molar-refractivity contribution >= 4 is 26.8 Å². The van der Waals surface area contributed by atoms with Crippen LogP contribution < -0.4 is 0 Å². The molecule has 2 heterocycles. The van der Waals surface area contributed by atoms with Crippen LogP contribution in [-0.4, -0.2) is 19.3 Å². The van der Waals surface area contributed by atoms with E-state index in [1.807, 2.05) is 34.8 Å². The second kappa shape index (κ2) is 4.00. The van der Waals surface area contributed by atoms with Crippen LogP contribution in [0.25, 0.3) is 10.9 Å². The van der Waals surface area contributed by atoms with E-state index in [0.717, 1.165) is 21.1 Å². The van der Waals surface area contributed by atoms with Gasteiger partial charge in [0.2, 0.25) is 0 Å². The Morgan fingerprint density at radius 1 is 1.35 bits per heavy atom. The number of benzene rings is 1. The molecule has 0 aliphatic rings. The third-order valence-electron chi connectivity index (χ3n) is 2.67. The molecule has 0 fully saturated rings. The van der Waals surface area contributed by atoms with Crippen LogP contribution in [0.5, 0.6) is 0 Å². The molecular weight excluding hydrogens is 280 g/mol. The third kappa shape index (κ3) is 1.98. The highest BCUT2D eigenvalue weighted by molar-refractivity contribution is 9.10. The van der Waals surface area contributed by atoms with Gasteiger partial charge in [0.25, 0.3) is 0 Å². The lowest BCUT2D eigenvalue weighted by molar-refractivity contribution is 0.699. The number of aryl methyl sites for hydroxylation is 1. The maximum Gasteiger partial charge on any atom is 0.0947 e. The van der Waals surface area contributed by atoms with Gasteiger partial charge in [-0.3, -0.25) is 4.68 Å². The van der Waals surface area contributed by atoms with Crippen molar-refractivity contribution in [2.45, 2.75) is 6.54 Å². The van der Waals surface area contributed by atoms with Crippen molar-refractivity contribution in [2.75, 3.05) is 0 Å². The lowest BCUT2D eigenvalue weighted by Crippen LogP contribution is -2.01. The minimum Gasteiger partial charge on any atom is -0.340 e. The summed E-state index contributed by atoms with van der Waals surface area (Å²) < 4.78 is 4.98. The van der Waals surface area contributed by atoms with Crippen LogP contribution in [0, 0.1) is 0 Å². The van der Waals surface area contributed by atoms with Gasteiger partial charge in [-0.1, -0.05) is 15.9 Å². The number of hydrogen-bond acceptors (Lipinski definition) is 2. The van der Waals surface area contributed by atoms with Gasteiger partial charge in [0.05, 0.1) is 30.3 Å². The maximum atomic E-state index is 4.39. The number of imidazole rings is 1. The van der Waals surface area contributed by atoms with Crippen molar-refractivity contribution in [1.29, 1.82) is 0 Å². The molecule has 0 amide bonds. The summed E-state index contributed by atoms with van der Waals surface area (Å²) in [5.41, 5.74) is 2.14. The predicted molar refractivity (Wildman–Crippen MR) is 69.7 cm³/mol. The maximum absolute atomic E-state index is 4.39. The Labute approximate surface area is 107 Å². The quantitative estimate of drug-likeness (QED) is 0.727. The highest BCUT2D eigenvalue weighted by atomic mass is 79.9. The van der Waals surface area contributed by atoms with Gasteiger partial charge in [0.1, 0.15) is 0 Å². The number of fused-ring (bicyclic) bond motifs is 1. The fourth-order valence-corrected chi connectivity index (χ4v) is 2.26. The summed E-state index contributed by atoms with van der Waals surface area (Å²) in [6.07, 6.45) is 5.69. The van der Waals surface area contributed by atoms with E-state index in [0.29, 0.717) is 6.54 Å². The lowest BCUT2D eigenvalue weighted by atomic mass is 10.2. The summed E-state index contributed by atoms with van der Waals surface area (Å²) in [6.45, 7) is 0.700. The number of aromatic nitrogens is 4. The summed E-state index contributed by atoms with van der Waals surface area (Å²) in [5.74, 6) is 0. The van der Waals surface area contributed by atoms with Gasteiger partial charge in [-0.25, -0.2) is 4.98 Å². The first-order valence-corrected chi connectivity index (χ1v) is 6.09. The zero-order valence-corrected chi connectivity index (χ0v) is 10.9. The SMILES string of the molecule is Cn1cnc(Cn2ncc3cc(Br)ccc32)c1. The molecule has 4 nitrogen and oxygen atoms in total. The van der Waals surface area contributed by atoms with Gasteiger partial charge in [0.15, 0.2) is 0 Å². The van der Waals surface area contributed by atoms with Crippen LogP contribution in [0.4, 0.5) is 0 Å². The van der Waals surface area contributed by atoms with Gasteiger partial charge < -0.3 is 4.57 Å². The average Bonchev–Trinajstić information content (AvgIpc) is 2.86. The van der Waals surface area contributed by atoms with E-state index in [2.05, 4.69) is 38.1 Å². The predicted octanol–water partition coefficient (Wildman–Crippen LogP) is 2.58. The van der Waals surface area contributed by atoms with E-state index in [-0.39, 0.29) is 0 Å². The zero-order valence-electron chi connectivity index (χ0n) is 9.34. The zero-order chi connectivity index (χ0) is 11.8. The molecule has 0 saturated carbocycles. The largest absolute Gasteiger partial charge is 0.340 e. The molecule has 0 aliphatic carbocycles. The summed E-state index contributed by atoms with van der Waals surface area (Å²) >= 11 is 3.46. The van der Waals surface area contributed by atoms with Gasteiger partial charge in [-0.15, -0.1) is 0 Å². The topological polar surface area (TPSA) is 35.6 Å². The summed E-state index contributed by atoms with van der Waals surface area (Å²) in [4.78, 5) is 4.31. The van der Waals surface area contributed by atoms with Crippen LogP contribution in [0.3, 0.4) is 0 Å². The molecule has 2 aromatic heterocycles. The number of hydrogen-bond donors (Lipinski definition) is 0. The molecule has 0 aliphatic heterocycles. The molecule has 17 heavy (non-hydrogen) atoms. The van der Waals surface area contributed by atoms with Gasteiger partial charge in [0, 0.05) is 23.1 Å². The highest BCUT2D eigenvalue weighted by Gasteiger charge is 2.05. The normalized spacial score (nSPS) is 11.2. The lowest BCUT2D eigenvalue weighted by Gasteiger charge is -2.00. The molecule has 0 radical (unpaired) electrons. The Morgan fingerprint density at radius 3 is 3.00 bits per heavy atom. The Morgan fingerprint density at radius 2 is 2.24 bits per heavy atom. The Bertz CT molecular complexity index is 668. The Hall–Kier alpha value is -1.62. The van der Waals surface area contributed by atoms with Crippen LogP contribution >= 0.6 is 15.9 Å². The van der Waals surface area contributed by atoms with Crippen molar-refractivity contribution in [3.05, 3.63) is 47.1 Å². The van der Waals surface area contributed by atoms with Crippen LogP contribution in [0.1, 0.15) is 5.69 Å². The molecule has 1 aromatic carbocycles. The fraction of sp³-hybridized carbons (Fsp3) is 0.167. The number of rotatable bonds is 2. The van der Waals surface area contributed by atoms with Crippen molar-refractivity contribution in [3.63, 3.8) is 0 Å². The fourth-order valence-electron chi connectivity index (χ4n) is 1.89. The molecule has 0 spiro atoms. The number of halogens is 1. The van der Waals surface area contributed by atoms with Crippen molar-refractivity contribution in [2.24, 2.45) is 7.05 Å². The van der Waals surface area contributed by atoms with Crippen LogP contribution in [0.15, 0.2) is 41.4 Å². The second-order valence-corrected chi connectivity index (χ2v) is 4.95. The molecule has 3 aromatic rings. The van der Waals surface area contributed by atoms with Crippen molar-refractivity contribution in [1.82, 2.24) is 19.3 Å². The minimum atomic E-state index is 0.700. The molecule has 5 heteroatoms. The first-order valence-electron chi connectivity index (χ1n) is 5.30. The second-order valence-electron chi connectivity index (χ2n) is 4.04. The highest BCUT2D eigenvalue weighted by Crippen LogP contribution is 2.19. The van der Waals surface area contributed by atoms with Crippen LogP contribution in [-0.2, 0) is 13.6 Å². The first kappa shape index (κ1) is 10.5. The Kier molecular flexibility index (Phi) is 2.48. The van der Waals surface area contributed by atoms with Gasteiger partial charge in [-0.05, 0) is 18.2 Å². The molecular formula is C12H11BrN4.